The van der Waals surface area contributed by atoms with E-state index in [-0.39, 0.29) is 18.9 Å². The van der Waals surface area contributed by atoms with Crippen LogP contribution in [0.1, 0.15) is 200 Å². The van der Waals surface area contributed by atoms with Gasteiger partial charge in [-0.25, -0.2) is 0 Å². The van der Waals surface area contributed by atoms with Crippen molar-refractivity contribution in [2.45, 2.75) is 304 Å². The van der Waals surface area contributed by atoms with Gasteiger partial charge in [0.15, 0.2) is 18.9 Å². The summed E-state index contributed by atoms with van der Waals surface area (Å²) in [6.07, 6.45) is 18.4. The van der Waals surface area contributed by atoms with Crippen molar-refractivity contribution in [1.29, 1.82) is 0 Å². The van der Waals surface area contributed by atoms with Crippen molar-refractivity contribution in [1.82, 2.24) is 5.32 Å². The summed E-state index contributed by atoms with van der Waals surface area (Å²) >= 11 is 0. The summed E-state index contributed by atoms with van der Waals surface area (Å²) < 4.78 is 34.2. The first-order chi connectivity index (χ1) is 37.8. The summed E-state index contributed by atoms with van der Waals surface area (Å²) in [5, 5.41) is 120. The zero-order chi connectivity index (χ0) is 56.9. The summed E-state index contributed by atoms with van der Waals surface area (Å²) in [7, 11) is 0. The molecule has 0 spiro atoms. The van der Waals surface area contributed by atoms with E-state index in [1.807, 2.05) is 6.08 Å². The van der Waals surface area contributed by atoms with Crippen LogP contribution in [0.5, 0.6) is 0 Å². The van der Waals surface area contributed by atoms with Gasteiger partial charge in [0.25, 0.3) is 0 Å². The van der Waals surface area contributed by atoms with Gasteiger partial charge in [-0.2, -0.15) is 0 Å². The zero-order valence-corrected chi connectivity index (χ0v) is 47.4. The number of allylic oxidation sites excluding steroid dienone is 5. The van der Waals surface area contributed by atoms with E-state index in [4.69, 9.17) is 28.4 Å². The number of unbranched alkanes of at least 4 members (excludes halogenated alkanes) is 24. The average Bonchev–Trinajstić information content (AvgIpc) is 3.46. The molecule has 0 bridgehead atoms. The first-order valence-corrected chi connectivity index (χ1v) is 30.2. The first-order valence-electron chi connectivity index (χ1n) is 30.2. The van der Waals surface area contributed by atoms with E-state index in [1.54, 1.807) is 6.08 Å². The molecule has 3 heterocycles. The van der Waals surface area contributed by atoms with E-state index < -0.39 is 124 Å². The number of carbonyl (C=O) groups excluding carboxylic acids is 1. The minimum Gasteiger partial charge on any atom is -0.394 e. The summed E-state index contributed by atoms with van der Waals surface area (Å²) in [6.45, 7) is 1.69. The number of hydrogen-bond acceptors (Lipinski definition) is 18. The topological polar surface area (TPSA) is 307 Å². The number of hydrogen-bond donors (Lipinski definition) is 12. The van der Waals surface area contributed by atoms with Crippen molar-refractivity contribution >= 4 is 5.91 Å². The van der Waals surface area contributed by atoms with Crippen LogP contribution >= 0.6 is 0 Å². The van der Waals surface area contributed by atoms with E-state index in [0.29, 0.717) is 12.8 Å². The van der Waals surface area contributed by atoms with Crippen LogP contribution < -0.4 is 5.32 Å². The lowest BCUT2D eigenvalue weighted by Gasteiger charge is -2.48. The predicted molar refractivity (Wildman–Crippen MR) is 296 cm³/mol. The molecule has 12 N–H and O–H groups in total. The summed E-state index contributed by atoms with van der Waals surface area (Å²) in [6, 6.07) is -0.992. The van der Waals surface area contributed by atoms with Crippen LogP contribution in [0.4, 0.5) is 0 Å². The number of amides is 1. The van der Waals surface area contributed by atoms with E-state index >= 15 is 0 Å². The van der Waals surface area contributed by atoms with Crippen LogP contribution in [0.2, 0.25) is 0 Å². The molecular weight excluding hydrogens is 1010 g/mol. The van der Waals surface area contributed by atoms with Gasteiger partial charge in [-0.3, -0.25) is 4.79 Å². The SMILES string of the molecule is CCCCCCCCCCC/C=C/CC/C=C/CC/C=C/C(O)C(COC1OC(CO)C(OC2OC(CO)C(OC3OC(CO)C(O)C(O)C3O)C(O)C2O)C(O)C1O)NC(=O)CCCCCCCCCCCCCCCC. The fourth-order valence-corrected chi connectivity index (χ4v) is 10.2. The maximum absolute atomic E-state index is 13.3. The quantitative estimate of drug-likeness (QED) is 0.0271. The molecule has 17 atom stereocenters. The van der Waals surface area contributed by atoms with E-state index in [9.17, 15) is 61.0 Å². The third-order valence-electron chi connectivity index (χ3n) is 15.2. The fourth-order valence-electron chi connectivity index (χ4n) is 10.2. The maximum atomic E-state index is 13.3. The van der Waals surface area contributed by atoms with E-state index in [1.165, 1.54) is 122 Å². The molecule has 19 heteroatoms. The van der Waals surface area contributed by atoms with Crippen molar-refractivity contribution in [3.63, 3.8) is 0 Å². The second-order valence-corrected chi connectivity index (χ2v) is 21.8. The molecule has 0 radical (unpaired) electrons. The Morgan fingerprint density at radius 1 is 0.449 bits per heavy atom. The van der Waals surface area contributed by atoms with Gasteiger partial charge in [0, 0.05) is 6.42 Å². The second kappa shape index (κ2) is 42.8. The average molecular weight is 1120 g/mol. The van der Waals surface area contributed by atoms with Gasteiger partial charge < -0.3 is 89.9 Å². The van der Waals surface area contributed by atoms with Crippen molar-refractivity contribution in [3.05, 3.63) is 36.5 Å². The highest BCUT2D eigenvalue weighted by Crippen LogP contribution is 2.33. The Morgan fingerprint density at radius 3 is 1.28 bits per heavy atom. The number of aliphatic hydroxyl groups is 11. The zero-order valence-electron chi connectivity index (χ0n) is 47.4. The summed E-state index contributed by atoms with van der Waals surface area (Å²) in [5.41, 5.74) is 0. The number of ether oxygens (including phenoxy) is 6. The normalized spacial score (nSPS) is 30.7. The summed E-state index contributed by atoms with van der Waals surface area (Å²) in [5.74, 6) is -0.290. The largest absolute Gasteiger partial charge is 0.394 e. The molecule has 1 amide bonds. The Kier molecular flexibility index (Phi) is 38.5. The van der Waals surface area contributed by atoms with Gasteiger partial charge in [0.05, 0.1) is 38.6 Å². The molecule has 3 fully saturated rings. The number of carbonyl (C=O) groups is 1. The molecule has 456 valence electrons. The molecule has 3 rings (SSSR count). The maximum Gasteiger partial charge on any atom is 0.220 e. The minimum atomic E-state index is -1.98. The van der Waals surface area contributed by atoms with Crippen molar-refractivity contribution in [2.24, 2.45) is 0 Å². The van der Waals surface area contributed by atoms with Crippen molar-refractivity contribution in [3.8, 4) is 0 Å². The minimum absolute atomic E-state index is 0.235. The molecule has 0 aromatic rings. The van der Waals surface area contributed by atoms with Gasteiger partial charge in [-0.15, -0.1) is 0 Å². The Balaban J connectivity index is 1.53. The standard InChI is InChI=1S/C59H107NO18/c1-3-5-7-9-11-13-15-17-19-20-21-22-23-24-26-28-30-32-34-36-43(64)42(60-47(65)37-35-33-31-29-27-25-18-16-14-12-10-8-6-4-2)41-73-57-53(71)50(68)55(45(39-62)75-57)78-59-54(72)51(69)56(46(40-63)76-59)77-58-52(70)49(67)48(66)44(38-61)74-58/h21-22,26,28,34,36,42-46,48-59,61-64,66-72H,3-20,23-25,27,29-33,35,37-41H2,1-2H3,(H,60,65)/b22-21+,28-26+,36-34+. The van der Waals surface area contributed by atoms with Crippen LogP contribution in [0.15, 0.2) is 36.5 Å². The molecule has 19 nitrogen and oxygen atoms in total. The van der Waals surface area contributed by atoms with Gasteiger partial charge >= 0.3 is 0 Å². The first kappa shape index (κ1) is 70.3. The number of nitrogens with one attached hydrogen (secondary N) is 1. The summed E-state index contributed by atoms with van der Waals surface area (Å²) in [4.78, 5) is 13.3. The molecule has 0 aromatic carbocycles. The predicted octanol–water partition coefficient (Wildman–Crippen LogP) is 5.32. The lowest BCUT2D eigenvalue weighted by molar-refractivity contribution is -0.379. The van der Waals surface area contributed by atoms with Gasteiger partial charge in [0.2, 0.25) is 5.91 Å². The van der Waals surface area contributed by atoms with Crippen molar-refractivity contribution in [2.75, 3.05) is 26.4 Å². The van der Waals surface area contributed by atoms with Gasteiger partial charge in [0.1, 0.15) is 73.2 Å². The Labute approximate surface area is 466 Å². The fraction of sp³-hybridized carbons (Fsp3) is 0.881. The van der Waals surface area contributed by atoms with Crippen LogP contribution in [0.3, 0.4) is 0 Å². The molecule has 78 heavy (non-hydrogen) atoms. The molecule has 0 saturated carbocycles. The highest BCUT2D eigenvalue weighted by atomic mass is 16.8. The Hall–Kier alpha value is -1.99. The van der Waals surface area contributed by atoms with Gasteiger partial charge in [-0.1, -0.05) is 185 Å². The molecule has 0 aliphatic carbocycles. The van der Waals surface area contributed by atoms with E-state index in [0.717, 1.165) is 44.9 Å². The molecule has 0 aromatic heterocycles. The molecule has 17 unspecified atom stereocenters. The molecule has 3 aliphatic rings. The highest BCUT2D eigenvalue weighted by molar-refractivity contribution is 5.76. The van der Waals surface area contributed by atoms with Crippen LogP contribution in [-0.2, 0) is 33.2 Å². The van der Waals surface area contributed by atoms with Crippen LogP contribution in [0, 0.1) is 0 Å². The van der Waals surface area contributed by atoms with Crippen molar-refractivity contribution < 1.29 is 89.4 Å². The monoisotopic (exact) mass is 1120 g/mol. The number of aliphatic hydroxyl groups excluding tert-OH is 11. The Bertz CT molecular complexity index is 1570. The third kappa shape index (κ3) is 26.5. The van der Waals surface area contributed by atoms with Crippen LogP contribution in [0.25, 0.3) is 0 Å². The van der Waals surface area contributed by atoms with Crippen LogP contribution in [-0.4, -0.2) is 193 Å². The molecule has 3 saturated heterocycles. The third-order valence-corrected chi connectivity index (χ3v) is 15.2. The molecular formula is C59H107NO18. The molecule has 3 aliphatic heterocycles. The smallest absolute Gasteiger partial charge is 0.220 e. The lowest BCUT2D eigenvalue weighted by atomic mass is 9.96. The number of rotatable bonds is 44. The lowest BCUT2D eigenvalue weighted by Crippen LogP contribution is -2.66. The van der Waals surface area contributed by atoms with E-state index in [2.05, 4.69) is 43.5 Å². The second-order valence-electron chi connectivity index (χ2n) is 21.8. The highest BCUT2D eigenvalue weighted by Gasteiger charge is 2.53. The van der Waals surface area contributed by atoms with Gasteiger partial charge in [-0.05, 0) is 44.9 Å². The Morgan fingerprint density at radius 2 is 0.821 bits per heavy atom.